The van der Waals surface area contributed by atoms with Crippen molar-refractivity contribution in [2.45, 2.75) is 0 Å². The second kappa shape index (κ2) is 8.39. The molecule has 1 aromatic rings. The number of ether oxygens (including phenoxy) is 2. The second-order valence-electron chi connectivity index (χ2n) is 3.98. The number of anilines is 1. The molecule has 0 aliphatic heterocycles. The van der Waals surface area contributed by atoms with Gasteiger partial charge >= 0.3 is 5.97 Å². The minimum absolute atomic E-state index is 0.0558. The lowest BCUT2D eigenvalue weighted by molar-refractivity contribution is 0.0587. The van der Waals surface area contributed by atoms with Gasteiger partial charge in [0.05, 0.1) is 13.7 Å². The summed E-state index contributed by atoms with van der Waals surface area (Å²) >= 11 is 0. The zero-order valence-electron chi connectivity index (χ0n) is 11.5. The Hall–Kier alpha value is -1.73. The molecular weight excluding hydrogens is 248 g/mol. The molecule has 0 aliphatic carbocycles. The fourth-order valence-electron chi connectivity index (χ4n) is 1.38. The third-order valence-corrected chi connectivity index (χ3v) is 2.50. The topological polar surface area (TPSA) is 76.6 Å². The summed E-state index contributed by atoms with van der Waals surface area (Å²) in [5.41, 5.74) is 0. The first-order valence-electron chi connectivity index (χ1n) is 6.00. The molecule has 0 aliphatic rings. The summed E-state index contributed by atoms with van der Waals surface area (Å²) in [6, 6.07) is 1.71. The highest BCUT2D eigenvalue weighted by molar-refractivity contribution is 5.85. The summed E-state index contributed by atoms with van der Waals surface area (Å²) in [4.78, 5) is 21.3. The first-order valence-corrected chi connectivity index (χ1v) is 6.00. The van der Waals surface area contributed by atoms with Crippen molar-refractivity contribution in [3.63, 3.8) is 0 Å². The number of likely N-dealkylation sites (N-methyl/N-ethyl adjacent to an activating group) is 1. The van der Waals surface area contributed by atoms with Crippen LogP contribution < -0.4 is 5.32 Å². The van der Waals surface area contributed by atoms with Crippen LogP contribution in [0, 0.1) is 0 Å². The molecule has 106 valence electrons. The molecular formula is C12H20N4O3. The molecule has 19 heavy (non-hydrogen) atoms. The summed E-state index contributed by atoms with van der Waals surface area (Å²) in [5, 5.41) is 3.13. The summed E-state index contributed by atoms with van der Waals surface area (Å²) in [5.74, 6) is 0.122. The van der Waals surface area contributed by atoms with E-state index in [1.165, 1.54) is 13.3 Å². The Kier molecular flexibility index (Phi) is 6.76. The molecule has 0 bridgehead atoms. The Morgan fingerprint density at radius 2 is 2.21 bits per heavy atom. The van der Waals surface area contributed by atoms with Crippen molar-refractivity contribution in [3.8, 4) is 0 Å². The lowest BCUT2D eigenvalue weighted by atomic mass is 10.4. The van der Waals surface area contributed by atoms with Crippen molar-refractivity contribution in [1.29, 1.82) is 0 Å². The Morgan fingerprint density at radius 3 is 2.89 bits per heavy atom. The summed E-state index contributed by atoms with van der Waals surface area (Å²) < 4.78 is 9.56. The fourth-order valence-corrected chi connectivity index (χ4v) is 1.38. The van der Waals surface area contributed by atoms with Gasteiger partial charge in [-0.3, -0.25) is 0 Å². The van der Waals surface area contributed by atoms with Crippen molar-refractivity contribution < 1.29 is 14.3 Å². The second-order valence-corrected chi connectivity index (χ2v) is 3.98. The smallest absolute Gasteiger partial charge is 0.376 e. The van der Waals surface area contributed by atoms with Gasteiger partial charge in [0, 0.05) is 32.9 Å². The molecule has 7 nitrogen and oxygen atoms in total. The summed E-state index contributed by atoms with van der Waals surface area (Å²) in [6.07, 6.45) is 1.52. The molecule has 0 fully saturated rings. The number of aromatic nitrogens is 2. The lowest BCUT2D eigenvalue weighted by Gasteiger charge is -2.16. The Bertz CT molecular complexity index is 400. The van der Waals surface area contributed by atoms with Gasteiger partial charge in [0.25, 0.3) is 0 Å². The molecule has 1 aromatic heterocycles. The number of hydrogen-bond donors (Lipinski definition) is 1. The maximum absolute atomic E-state index is 11.3. The minimum atomic E-state index is -0.541. The van der Waals surface area contributed by atoms with Crippen molar-refractivity contribution in [2.75, 3.05) is 52.8 Å². The van der Waals surface area contributed by atoms with Crippen LogP contribution >= 0.6 is 0 Å². The van der Waals surface area contributed by atoms with E-state index < -0.39 is 5.97 Å². The maximum Gasteiger partial charge on any atom is 0.376 e. The van der Waals surface area contributed by atoms with E-state index in [1.807, 2.05) is 7.05 Å². The molecule has 7 heteroatoms. The van der Waals surface area contributed by atoms with E-state index in [1.54, 1.807) is 13.2 Å². The van der Waals surface area contributed by atoms with Gasteiger partial charge < -0.3 is 19.7 Å². The van der Waals surface area contributed by atoms with Gasteiger partial charge in [-0.15, -0.1) is 0 Å². The van der Waals surface area contributed by atoms with Crippen molar-refractivity contribution in [2.24, 2.45) is 0 Å². The van der Waals surface area contributed by atoms with Crippen LogP contribution in [-0.4, -0.2) is 68.3 Å². The lowest BCUT2D eigenvalue weighted by Crippen LogP contribution is -2.28. The van der Waals surface area contributed by atoms with Crippen LogP contribution in [-0.2, 0) is 9.47 Å². The Labute approximate surface area is 112 Å². The number of hydrogen-bond acceptors (Lipinski definition) is 7. The average molecular weight is 268 g/mol. The number of rotatable bonds is 8. The van der Waals surface area contributed by atoms with Gasteiger partial charge in [-0.05, 0) is 13.1 Å². The molecule has 1 N–H and O–H groups in total. The zero-order valence-corrected chi connectivity index (χ0v) is 11.5. The van der Waals surface area contributed by atoms with E-state index >= 15 is 0 Å². The zero-order chi connectivity index (χ0) is 14.1. The van der Waals surface area contributed by atoms with Crippen molar-refractivity contribution >= 4 is 11.8 Å². The maximum atomic E-state index is 11.3. The van der Waals surface area contributed by atoms with Crippen molar-refractivity contribution in [1.82, 2.24) is 14.9 Å². The standard InChI is InChI=1S/C12H20N4O3/c1-16(8-9-18-2)7-6-13-10-4-5-14-11(15-10)12(17)19-3/h4-5H,6-9H2,1-3H3,(H,13,14,15). The Balaban J connectivity index is 2.39. The van der Waals surface area contributed by atoms with E-state index in [2.05, 4.69) is 24.9 Å². The predicted molar refractivity (Wildman–Crippen MR) is 71.2 cm³/mol. The highest BCUT2D eigenvalue weighted by Gasteiger charge is 2.09. The van der Waals surface area contributed by atoms with Crippen molar-refractivity contribution in [3.05, 3.63) is 18.1 Å². The molecule has 1 heterocycles. The van der Waals surface area contributed by atoms with Crippen LogP contribution in [0.3, 0.4) is 0 Å². The molecule has 0 saturated carbocycles. The quantitative estimate of drug-likeness (QED) is 0.677. The summed E-state index contributed by atoms with van der Waals surface area (Å²) in [6.45, 7) is 3.14. The Morgan fingerprint density at radius 1 is 1.42 bits per heavy atom. The van der Waals surface area contributed by atoms with Gasteiger partial charge in [-0.2, -0.15) is 0 Å². The highest BCUT2D eigenvalue weighted by atomic mass is 16.5. The molecule has 0 spiro atoms. The number of methoxy groups -OCH3 is 2. The van der Waals surface area contributed by atoms with Crippen LogP contribution in [0.25, 0.3) is 0 Å². The van der Waals surface area contributed by atoms with Gasteiger partial charge in [-0.25, -0.2) is 14.8 Å². The molecule has 0 aromatic carbocycles. The van der Waals surface area contributed by atoms with Gasteiger partial charge in [0.2, 0.25) is 5.82 Å². The molecule has 0 radical (unpaired) electrons. The molecule has 0 amide bonds. The van der Waals surface area contributed by atoms with E-state index in [0.717, 1.165) is 19.6 Å². The number of nitrogens with zero attached hydrogens (tertiary/aromatic N) is 3. The molecule has 0 atom stereocenters. The normalized spacial score (nSPS) is 10.5. The van der Waals surface area contributed by atoms with E-state index in [-0.39, 0.29) is 5.82 Å². The number of esters is 1. The third-order valence-electron chi connectivity index (χ3n) is 2.50. The number of carbonyl (C=O) groups is 1. The van der Waals surface area contributed by atoms with Gasteiger partial charge in [0.1, 0.15) is 5.82 Å². The number of carbonyl (C=O) groups excluding carboxylic acids is 1. The first-order chi connectivity index (χ1) is 9.17. The van der Waals surface area contributed by atoms with Gasteiger partial charge in [-0.1, -0.05) is 0 Å². The monoisotopic (exact) mass is 268 g/mol. The van der Waals surface area contributed by atoms with E-state index in [9.17, 15) is 4.79 Å². The average Bonchev–Trinajstić information content (AvgIpc) is 2.44. The van der Waals surface area contributed by atoms with E-state index in [0.29, 0.717) is 12.4 Å². The van der Waals surface area contributed by atoms with E-state index in [4.69, 9.17) is 4.74 Å². The predicted octanol–water partition coefficient (Wildman–Crippen LogP) is 0.253. The van der Waals surface area contributed by atoms with Crippen LogP contribution in [0.1, 0.15) is 10.6 Å². The first kappa shape index (κ1) is 15.3. The largest absolute Gasteiger partial charge is 0.463 e. The summed E-state index contributed by atoms with van der Waals surface area (Å²) in [7, 11) is 5.00. The molecule has 1 rings (SSSR count). The van der Waals surface area contributed by atoms with Crippen LogP contribution in [0.5, 0.6) is 0 Å². The molecule has 0 unspecified atom stereocenters. The fraction of sp³-hybridized carbons (Fsp3) is 0.583. The SMILES string of the molecule is COCCN(C)CCNc1ccnc(C(=O)OC)n1. The third kappa shape index (κ3) is 5.62. The van der Waals surface area contributed by atoms with Gasteiger partial charge in [0.15, 0.2) is 0 Å². The van der Waals surface area contributed by atoms with Crippen LogP contribution in [0.4, 0.5) is 5.82 Å². The molecule has 0 saturated heterocycles. The van der Waals surface area contributed by atoms with Crippen LogP contribution in [0.15, 0.2) is 12.3 Å². The number of nitrogens with one attached hydrogen (secondary N) is 1. The highest BCUT2D eigenvalue weighted by Crippen LogP contribution is 2.02. The van der Waals surface area contributed by atoms with Crippen LogP contribution in [0.2, 0.25) is 0 Å². The minimum Gasteiger partial charge on any atom is -0.463 e.